The van der Waals surface area contributed by atoms with Crippen molar-refractivity contribution in [3.8, 4) is 0 Å². The van der Waals surface area contributed by atoms with E-state index >= 15 is 0 Å². The number of hydrogen-bond donors (Lipinski definition) is 2. The smallest absolute Gasteiger partial charge is 0.241 e. The third-order valence-electron chi connectivity index (χ3n) is 3.71. The number of hydrogen-bond acceptors (Lipinski definition) is 4. The van der Waals surface area contributed by atoms with Gasteiger partial charge >= 0.3 is 0 Å². The Hall–Kier alpha value is -0.950. The Morgan fingerprint density at radius 1 is 1.43 bits per heavy atom. The molecule has 1 aromatic rings. The highest BCUT2D eigenvalue weighted by atomic mass is 32.2. The molecule has 1 heterocycles. The molecule has 0 saturated carbocycles. The second kappa shape index (κ2) is 7.35. The van der Waals surface area contributed by atoms with Crippen LogP contribution in [0.5, 0.6) is 0 Å². The van der Waals surface area contributed by atoms with Crippen LogP contribution in [0.15, 0.2) is 23.1 Å². The molecule has 0 bridgehead atoms. The number of nitrogens with one attached hydrogen (secondary N) is 2. The fourth-order valence-corrected chi connectivity index (χ4v) is 4.32. The molecule has 0 amide bonds. The summed E-state index contributed by atoms with van der Waals surface area (Å²) in [4.78, 5) is 0.415. The predicted molar refractivity (Wildman–Crippen MR) is 82.7 cm³/mol. The summed E-state index contributed by atoms with van der Waals surface area (Å²) in [7, 11) is -1.91. The van der Waals surface area contributed by atoms with Crippen LogP contribution >= 0.6 is 0 Å². The first kappa shape index (κ1) is 16.4. The summed E-state index contributed by atoms with van der Waals surface area (Å²) in [5.74, 6) is 0. The number of sulfonamides is 1. The average molecular weight is 312 g/mol. The molecule has 0 aromatic heterocycles. The molecule has 1 aromatic carbocycles. The summed E-state index contributed by atoms with van der Waals surface area (Å²) in [5.41, 5.74) is 2.01. The van der Waals surface area contributed by atoms with E-state index < -0.39 is 10.0 Å². The largest absolute Gasteiger partial charge is 0.383 e. The zero-order valence-corrected chi connectivity index (χ0v) is 13.5. The number of rotatable bonds is 7. The normalized spacial score (nSPS) is 16.5. The van der Waals surface area contributed by atoms with E-state index in [4.69, 9.17) is 4.74 Å². The van der Waals surface area contributed by atoms with Crippen LogP contribution in [0, 0.1) is 0 Å². The molecule has 1 unspecified atom stereocenters. The van der Waals surface area contributed by atoms with E-state index in [-0.39, 0.29) is 6.04 Å². The second-order valence-electron chi connectivity index (χ2n) is 5.38. The van der Waals surface area contributed by atoms with Crippen LogP contribution < -0.4 is 10.0 Å². The molecule has 0 fully saturated rings. The van der Waals surface area contributed by atoms with E-state index in [9.17, 15) is 8.42 Å². The standard InChI is InChI=1S/C15H24N2O3S/c1-3-5-13(11-20-2)17-21(18,19)15-7-4-6-12-10-16-9-8-14(12)15/h4,6-7,13,16-17H,3,5,8-11H2,1-2H3. The van der Waals surface area contributed by atoms with E-state index in [1.165, 1.54) is 0 Å². The highest BCUT2D eigenvalue weighted by Gasteiger charge is 2.24. The van der Waals surface area contributed by atoms with Gasteiger partial charge in [0.1, 0.15) is 0 Å². The van der Waals surface area contributed by atoms with Crippen molar-refractivity contribution in [3.05, 3.63) is 29.3 Å². The van der Waals surface area contributed by atoms with Crippen molar-refractivity contribution in [2.45, 2.75) is 43.7 Å². The number of benzene rings is 1. The molecule has 0 aliphatic carbocycles. The van der Waals surface area contributed by atoms with Gasteiger partial charge in [-0.15, -0.1) is 0 Å². The quantitative estimate of drug-likeness (QED) is 0.799. The number of methoxy groups -OCH3 is 1. The Bertz CT molecular complexity index is 566. The first-order chi connectivity index (χ1) is 10.1. The molecule has 6 heteroatoms. The van der Waals surface area contributed by atoms with E-state index in [0.29, 0.717) is 11.5 Å². The van der Waals surface area contributed by atoms with Crippen LogP contribution in [0.3, 0.4) is 0 Å². The molecule has 5 nitrogen and oxygen atoms in total. The van der Waals surface area contributed by atoms with Crippen molar-refractivity contribution < 1.29 is 13.2 Å². The zero-order chi connectivity index (χ0) is 15.3. The Labute approximate surface area is 127 Å². The SMILES string of the molecule is CCCC(COC)NS(=O)(=O)c1cccc2c1CCNC2. The Morgan fingerprint density at radius 3 is 2.95 bits per heavy atom. The first-order valence-electron chi connectivity index (χ1n) is 7.41. The lowest BCUT2D eigenvalue weighted by Gasteiger charge is -2.22. The van der Waals surface area contributed by atoms with Gasteiger partial charge in [-0.05, 0) is 36.6 Å². The molecule has 0 spiro atoms. The van der Waals surface area contributed by atoms with Crippen LogP contribution in [-0.2, 0) is 27.7 Å². The molecule has 21 heavy (non-hydrogen) atoms. The molecule has 0 radical (unpaired) electrons. The molecular weight excluding hydrogens is 288 g/mol. The van der Waals surface area contributed by atoms with Crippen molar-refractivity contribution in [3.63, 3.8) is 0 Å². The van der Waals surface area contributed by atoms with Crippen LogP contribution in [0.2, 0.25) is 0 Å². The monoisotopic (exact) mass is 312 g/mol. The summed E-state index contributed by atoms with van der Waals surface area (Å²) in [6.07, 6.45) is 2.42. The van der Waals surface area contributed by atoms with E-state index in [2.05, 4.69) is 10.0 Å². The highest BCUT2D eigenvalue weighted by Crippen LogP contribution is 2.23. The zero-order valence-electron chi connectivity index (χ0n) is 12.7. The molecule has 2 rings (SSSR count). The Balaban J connectivity index is 2.27. The fraction of sp³-hybridized carbons (Fsp3) is 0.600. The third kappa shape index (κ3) is 4.03. The van der Waals surface area contributed by atoms with Gasteiger partial charge in [0.25, 0.3) is 0 Å². The van der Waals surface area contributed by atoms with E-state index in [0.717, 1.165) is 43.5 Å². The summed E-state index contributed by atoms with van der Waals surface area (Å²) in [6, 6.07) is 5.31. The third-order valence-corrected chi connectivity index (χ3v) is 5.32. The summed E-state index contributed by atoms with van der Waals surface area (Å²) in [5, 5.41) is 3.27. The van der Waals surface area contributed by atoms with Crippen molar-refractivity contribution in [2.75, 3.05) is 20.3 Å². The van der Waals surface area contributed by atoms with Gasteiger partial charge in [0.15, 0.2) is 0 Å². The lowest BCUT2D eigenvalue weighted by atomic mass is 10.0. The fourth-order valence-electron chi connectivity index (χ4n) is 2.76. The number of fused-ring (bicyclic) bond motifs is 1. The van der Waals surface area contributed by atoms with E-state index in [1.807, 2.05) is 19.1 Å². The predicted octanol–water partition coefficient (Wildman–Crippen LogP) is 1.43. The van der Waals surface area contributed by atoms with Gasteiger partial charge in [-0.3, -0.25) is 0 Å². The Morgan fingerprint density at radius 2 is 2.24 bits per heavy atom. The van der Waals surface area contributed by atoms with Crippen molar-refractivity contribution in [2.24, 2.45) is 0 Å². The number of ether oxygens (including phenoxy) is 1. The van der Waals surface area contributed by atoms with Gasteiger partial charge < -0.3 is 10.1 Å². The maximum absolute atomic E-state index is 12.7. The maximum Gasteiger partial charge on any atom is 0.241 e. The molecule has 2 N–H and O–H groups in total. The summed E-state index contributed by atoms with van der Waals surface area (Å²) in [6.45, 7) is 3.97. The summed E-state index contributed by atoms with van der Waals surface area (Å²) < 4.78 is 33.3. The van der Waals surface area contributed by atoms with Gasteiger partial charge in [0.2, 0.25) is 10.0 Å². The van der Waals surface area contributed by atoms with Gasteiger partial charge in [0, 0.05) is 19.7 Å². The lowest BCUT2D eigenvalue weighted by Crippen LogP contribution is -2.38. The minimum Gasteiger partial charge on any atom is -0.383 e. The molecule has 1 aliphatic heterocycles. The van der Waals surface area contributed by atoms with Gasteiger partial charge in [-0.2, -0.15) is 0 Å². The molecule has 1 aliphatic rings. The topological polar surface area (TPSA) is 67.4 Å². The van der Waals surface area contributed by atoms with Gasteiger partial charge in [-0.25, -0.2) is 13.1 Å². The second-order valence-corrected chi connectivity index (χ2v) is 7.07. The maximum atomic E-state index is 12.7. The van der Waals surface area contributed by atoms with Crippen molar-refractivity contribution in [1.29, 1.82) is 0 Å². The molecule has 1 atom stereocenters. The van der Waals surface area contributed by atoms with Gasteiger partial charge in [0.05, 0.1) is 11.5 Å². The van der Waals surface area contributed by atoms with E-state index in [1.54, 1.807) is 13.2 Å². The molecule has 118 valence electrons. The molecule has 0 saturated heterocycles. The minimum atomic E-state index is -3.50. The van der Waals surface area contributed by atoms with Gasteiger partial charge in [-0.1, -0.05) is 25.5 Å². The Kier molecular flexibility index (Phi) is 5.75. The van der Waals surface area contributed by atoms with Crippen molar-refractivity contribution in [1.82, 2.24) is 10.0 Å². The average Bonchev–Trinajstić information content (AvgIpc) is 2.47. The highest BCUT2D eigenvalue weighted by molar-refractivity contribution is 7.89. The first-order valence-corrected chi connectivity index (χ1v) is 8.89. The molecular formula is C15H24N2O3S. The lowest BCUT2D eigenvalue weighted by molar-refractivity contribution is 0.171. The van der Waals surface area contributed by atoms with Crippen LogP contribution in [0.25, 0.3) is 0 Å². The minimum absolute atomic E-state index is 0.178. The van der Waals surface area contributed by atoms with Crippen molar-refractivity contribution >= 4 is 10.0 Å². The van der Waals surface area contributed by atoms with Crippen LogP contribution in [-0.4, -0.2) is 34.7 Å². The summed E-state index contributed by atoms with van der Waals surface area (Å²) >= 11 is 0. The van der Waals surface area contributed by atoms with Crippen LogP contribution in [0.1, 0.15) is 30.9 Å². The van der Waals surface area contributed by atoms with Crippen LogP contribution in [0.4, 0.5) is 0 Å².